The van der Waals surface area contributed by atoms with Gasteiger partial charge in [0.2, 0.25) is 0 Å². The van der Waals surface area contributed by atoms with Crippen LogP contribution in [0, 0.1) is 6.92 Å². The van der Waals surface area contributed by atoms with Crippen molar-refractivity contribution in [1.29, 1.82) is 0 Å². The quantitative estimate of drug-likeness (QED) is 0.440. The Hall–Kier alpha value is -3.53. The monoisotopic (exact) mass is 453 g/mol. The van der Waals surface area contributed by atoms with E-state index in [0.29, 0.717) is 24.5 Å². The molecule has 0 aliphatic carbocycles. The highest BCUT2D eigenvalue weighted by Gasteiger charge is 2.32. The molecule has 33 heavy (non-hydrogen) atoms. The van der Waals surface area contributed by atoms with Gasteiger partial charge in [-0.25, -0.2) is 23.4 Å². The van der Waals surface area contributed by atoms with Gasteiger partial charge in [-0.3, -0.25) is 14.3 Å². The highest BCUT2D eigenvalue weighted by Crippen LogP contribution is 2.26. The lowest BCUT2D eigenvalue weighted by atomic mass is 10.1. The number of alkyl halides is 2. The zero-order valence-corrected chi connectivity index (χ0v) is 18.7. The summed E-state index contributed by atoms with van der Waals surface area (Å²) in [5, 5.41) is 5.15. The summed E-state index contributed by atoms with van der Waals surface area (Å²) in [7, 11) is 3.72. The zero-order valence-electron chi connectivity index (χ0n) is 18.7. The van der Waals surface area contributed by atoms with Gasteiger partial charge in [-0.1, -0.05) is 0 Å². The Morgan fingerprint density at radius 2 is 1.82 bits per heavy atom. The summed E-state index contributed by atoms with van der Waals surface area (Å²) in [5.74, 6) is -0.942. The summed E-state index contributed by atoms with van der Waals surface area (Å²) in [6, 6.07) is 7.61. The number of nitrogens with zero attached hydrogens (tertiary/aromatic N) is 7. The van der Waals surface area contributed by atoms with Crippen LogP contribution < -0.4 is 0 Å². The Labute approximate surface area is 189 Å². The van der Waals surface area contributed by atoms with Crippen LogP contribution in [-0.4, -0.2) is 66.5 Å². The summed E-state index contributed by atoms with van der Waals surface area (Å²) in [4.78, 5) is 26.0. The molecule has 172 valence electrons. The molecule has 1 aliphatic heterocycles. The van der Waals surface area contributed by atoms with Gasteiger partial charge in [-0.05, 0) is 38.2 Å². The molecule has 5 rings (SSSR count). The van der Waals surface area contributed by atoms with Gasteiger partial charge < -0.3 is 4.90 Å². The molecular formula is C23H25F2N7O. The van der Waals surface area contributed by atoms with Crippen LogP contribution in [0.4, 0.5) is 8.78 Å². The van der Waals surface area contributed by atoms with Gasteiger partial charge >= 0.3 is 0 Å². The molecule has 4 aromatic rings. The molecule has 0 spiro atoms. The minimum atomic E-state index is -2.38. The Balaban J connectivity index is 0.000000243. The maximum atomic E-state index is 12.4. The van der Waals surface area contributed by atoms with Crippen LogP contribution in [0.1, 0.15) is 29.0 Å². The van der Waals surface area contributed by atoms with Crippen molar-refractivity contribution in [2.45, 2.75) is 25.7 Å². The second-order valence-electron chi connectivity index (χ2n) is 8.15. The maximum Gasteiger partial charge on any atom is 0.250 e. The van der Waals surface area contributed by atoms with E-state index in [2.05, 4.69) is 20.1 Å². The van der Waals surface area contributed by atoms with E-state index >= 15 is 0 Å². The van der Waals surface area contributed by atoms with Crippen molar-refractivity contribution in [2.75, 3.05) is 20.1 Å². The van der Waals surface area contributed by atoms with Crippen LogP contribution in [0.5, 0.6) is 0 Å². The van der Waals surface area contributed by atoms with Gasteiger partial charge in [0.05, 0.1) is 11.9 Å². The number of aryl methyl sites for hydroxylation is 2. The molecule has 4 aromatic heterocycles. The van der Waals surface area contributed by atoms with Crippen LogP contribution in [0.25, 0.3) is 28.2 Å². The summed E-state index contributed by atoms with van der Waals surface area (Å²) in [6.07, 6.45) is 6.11. The van der Waals surface area contributed by atoms with Crippen molar-refractivity contribution in [3.8, 4) is 17.2 Å². The fourth-order valence-electron chi connectivity index (χ4n) is 3.66. The Morgan fingerprint density at radius 1 is 1.06 bits per heavy atom. The Bertz CT molecular complexity index is 1250. The largest absolute Gasteiger partial charge is 0.306 e. The molecule has 10 heteroatoms. The molecule has 5 heterocycles. The normalized spacial score (nSPS) is 15.8. The molecule has 0 radical (unpaired) electrons. The van der Waals surface area contributed by atoms with Crippen LogP contribution in [0.3, 0.4) is 0 Å². The molecule has 8 nitrogen and oxygen atoms in total. The lowest BCUT2D eigenvalue weighted by Crippen LogP contribution is -2.36. The van der Waals surface area contributed by atoms with Gasteiger partial charge in [0, 0.05) is 56.3 Å². The minimum absolute atomic E-state index is 0.0312. The summed E-state index contributed by atoms with van der Waals surface area (Å²) in [5.41, 5.74) is 2.99. The number of hydrogen-bond acceptors (Lipinski definition) is 6. The molecule has 0 amide bonds. The van der Waals surface area contributed by atoms with Gasteiger partial charge in [0.15, 0.2) is 12.1 Å². The van der Waals surface area contributed by atoms with Crippen LogP contribution in [0.15, 0.2) is 42.9 Å². The van der Waals surface area contributed by atoms with Gasteiger partial charge in [0.25, 0.3) is 5.92 Å². The third-order valence-corrected chi connectivity index (χ3v) is 5.53. The molecule has 1 saturated heterocycles. The van der Waals surface area contributed by atoms with Crippen molar-refractivity contribution in [3.05, 3.63) is 54.2 Å². The van der Waals surface area contributed by atoms with E-state index in [1.165, 1.54) is 0 Å². The van der Waals surface area contributed by atoms with Gasteiger partial charge in [0.1, 0.15) is 17.2 Å². The number of hydrogen-bond donors (Lipinski definition) is 0. The fraction of sp³-hybridized carbons (Fsp3) is 0.348. The second kappa shape index (κ2) is 9.14. The predicted molar refractivity (Wildman–Crippen MR) is 121 cm³/mol. The highest BCUT2D eigenvalue weighted by atomic mass is 19.3. The first kappa shape index (κ1) is 22.7. The average molecular weight is 453 g/mol. The van der Waals surface area contributed by atoms with E-state index in [-0.39, 0.29) is 12.8 Å². The topological polar surface area (TPSA) is 81.7 Å². The lowest BCUT2D eigenvalue weighted by molar-refractivity contribution is -0.0504. The van der Waals surface area contributed by atoms with Crippen molar-refractivity contribution < 1.29 is 13.6 Å². The van der Waals surface area contributed by atoms with Crippen LogP contribution in [0.2, 0.25) is 0 Å². The number of halogens is 2. The van der Waals surface area contributed by atoms with Gasteiger partial charge in [-0.15, -0.1) is 0 Å². The van der Waals surface area contributed by atoms with E-state index in [9.17, 15) is 13.6 Å². The van der Waals surface area contributed by atoms with Crippen LogP contribution in [-0.2, 0) is 7.05 Å². The number of aromatic nitrogens is 6. The average Bonchev–Trinajstić information content (AvgIpc) is 3.38. The van der Waals surface area contributed by atoms with E-state index < -0.39 is 5.92 Å². The molecule has 0 saturated carbocycles. The van der Waals surface area contributed by atoms with Crippen molar-refractivity contribution in [2.24, 2.45) is 7.05 Å². The molecule has 1 aliphatic rings. The molecule has 0 atom stereocenters. The van der Waals surface area contributed by atoms with Crippen LogP contribution >= 0.6 is 0 Å². The smallest absolute Gasteiger partial charge is 0.250 e. The number of aldehydes is 1. The highest BCUT2D eigenvalue weighted by molar-refractivity contribution is 5.85. The predicted octanol–water partition coefficient (Wildman–Crippen LogP) is 3.68. The minimum Gasteiger partial charge on any atom is -0.306 e. The SMILES string of the molecule is CN1CCC(F)(F)CC1.Cc1nc(-c2ccc(-n3ccc4cc(C=O)cnc43)cn2)n(C)n1. The van der Waals surface area contributed by atoms with E-state index in [1.807, 2.05) is 60.9 Å². The maximum absolute atomic E-state index is 12.4. The lowest BCUT2D eigenvalue weighted by Gasteiger charge is -2.28. The number of likely N-dealkylation sites (tertiary alicyclic amines) is 1. The van der Waals surface area contributed by atoms with E-state index in [0.717, 1.165) is 34.5 Å². The second-order valence-corrected chi connectivity index (χ2v) is 8.15. The molecule has 0 unspecified atom stereocenters. The van der Waals surface area contributed by atoms with Gasteiger partial charge in [-0.2, -0.15) is 5.10 Å². The molecule has 1 fully saturated rings. The third kappa shape index (κ3) is 5.11. The number of piperidine rings is 1. The van der Waals surface area contributed by atoms with Crippen molar-refractivity contribution in [1.82, 2.24) is 34.2 Å². The third-order valence-electron chi connectivity index (χ3n) is 5.53. The summed E-state index contributed by atoms with van der Waals surface area (Å²) >= 11 is 0. The molecule has 0 N–H and O–H groups in total. The zero-order chi connectivity index (χ0) is 23.6. The summed E-state index contributed by atoms with van der Waals surface area (Å²) in [6.45, 7) is 2.92. The van der Waals surface area contributed by atoms with E-state index in [1.54, 1.807) is 17.1 Å². The first-order chi connectivity index (χ1) is 15.8. The first-order valence-electron chi connectivity index (χ1n) is 10.6. The summed E-state index contributed by atoms with van der Waals surface area (Å²) < 4.78 is 28.3. The standard InChI is InChI=1S/C17H14N6O.C6H11F2N/c1-11-20-17(22(2)21-11)15-4-3-14(9-18-15)23-6-5-13-7-12(10-24)8-19-16(13)23;1-9-4-2-6(7,8)3-5-9/h3-10H,1-2H3;2-5H2,1H3. The molecular weight excluding hydrogens is 428 g/mol. The van der Waals surface area contributed by atoms with E-state index in [4.69, 9.17) is 0 Å². The Kier molecular flexibility index (Phi) is 6.28. The molecule has 0 bridgehead atoms. The number of rotatable bonds is 3. The Morgan fingerprint density at radius 3 is 2.39 bits per heavy atom. The number of pyridine rings is 2. The van der Waals surface area contributed by atoms with Crippen molar-refractivity contribution >= 4 is 17.3 Å². The number of carbonyl (C=O) groups excluding carboxylic acids is 1. The fourth-order valence-corrected chi connectivity index (χ4v) is 3.66. The van der Waals surface area contributed by atoms with Crippen molar-refractivity contribution in [3.63, 3.8) is 0 Å². The first-order valence-corrected chi connectivity index (χ1v) is 10.6. The number of fused-ring (bicyclic) bond motifs is 1. The molecule has 0 aromatic carbocycles. The number of carbonyl (C=O) groups is 1.